The van der Waals surface area contributed by atoms with E-state index in [4.69, 9.17) is 0 Å². The van der Waals surface area contributed by atoms with Gasteiger partial charge in [0.15, 0.2) is 0 Å². The molecule has 4 nitrogen and oxygen atoms in total. The molecule has 1 unspecified atom stereocenters. The molecule has 2 saturated carbocycles. The average molecular weight is 398 g/mol. The van der Waals surface area contributed by atoms with Gasteiger partial charge in [-0.2, -0.15) is 0 Å². The van der Waals surface area contributed by atoms with Gasteiger partial charge in [0.05, 0.1) is 5.60 Å². The van der Waals surface area contributed by atoms with E-state index in [1.807, 2.05) is 12.1 Å². The van der Waals surface area contributed by atoms with Crippen LogP contribution in [-0.4, -0.2) is 45.6 Å². The predicted octanol–water partition coefficient (Wildman–Crippen LogP) is 3.82. The molecule has 1 aliphatic heterocycles. The van der Waals surface area contributed by atoms with Crippen molar-refractivity contribution in [2.75, 3.05) is 13.1 Å². The number of ketones is 1. The topological polar surface area (TPSA) is 60.8 Å². The van der Waals surface area contributed by atoms with Gasteiger partial charge in [-0.3, -0.25) is 9.69 Å². The van der Waals surface area contributed by atoms with E-state index >= 15 is 0 Å². The van der Waals surface area contributed by atoms with Gasteiger partial charge in [-0.1, -0.05) is 26.3 Å². The van der Waals surface area contributed by atoms with Gasteiger partial charge < -0.3 is 10.2 Å². The van der Waals surface area contributed by atoms with E-state index in [0.29, 0.717) is 24.5 Å². The Kier molecular flexibility index (Phi) is 4.60. The number of fused-ring (bicyclic) bond motifs is 1. The molecular formula is C25H35NO3. The first-order valence-electron chi connectivity index (χ1n) is 11.7. The first-order valence-corrected chi connectivity index (χ1v) is 11.7. The maximum absolute atomic E-state index is 13.3. The Labute approximate surface area is 174 Å². The van der Waals surface area contributed by atoms with E-state index < -0.39 is 11.0 Å². The lowest BCUT2D eigenvalue weighted by Gasteiger charge is -2.64. The van der Waals surface area contributed by atoms with Crippen LogP contribution >= 0.6 is 0 Å². The lowest BCUT2D eigenvalue weighted by atomic mass is 9.47. The lowest BCUT2D eigenvalue weighted by Crippen LogP contribution is -2.74. The number of hydrogen-bond donors (Lipinski definition) is 2. The summed E-state index contributed by atoms with van der Waals surface area (Å²) < 4.78 is 0. The molecule has 0 aromatic heterocycles. The molecule has 1 saturated heterocycles. The zero-order chi connectivity index (χ0) is 20.4. The van der Waals surface area contributed by atoms with Crippen molar-refractivity contribution in [1.82, 2.24) is 4.90 Å². The first-order chi connectivity index (χ1) is 13.9. The zero-order valence-electron chi connectivity index (χ0n) is 17.9. The molecule has 2 N–H and O–H groups in total. The summed E-state index contributed by atoms with van der Waals surface area (Å²) in [4.78, 5) is 15.9. The summed E-state index contributed by atoms with van der Waals surface area (Å²) >= 11 is 0. The minimum absolute atomic E-state index is 0.0368. The number of phenolic OH excluding ortho intramolecular Hbond substituents is 1. The minimum Gasteiger partial charge on any atom is -0.508 e. The maximum atomic E-state index is 13.3. The van der Waals surface area contributed by atoms with Crippen molar-refractivity contribution < 1.29 is 15.0 Å². The second-order valence-electron chi connectivity index (χ2n) is 10.5. The number of hydrogen-bond acceptors (Lipinski definition) is 4. The largest absolute Gasteiger partial charge is 0.508 e. The number of piperidine rings is 1. The van der Waals surface area contributed by atoms with E-state index in [1.165, 1.54) is 18.4 Å². The van der Waals surface area contributed by atoms with Crippen LogP contribution in [0.3, 0.4) is 0 Å². The van der Waals surface area contributed by atoms with Crippen molar-refractivity contribution >= 4 is 5.78 Å². The van der Waals surface area contributed by atoms with Crippen LogP contribution in [0.5, 0.6) is 5.75 Å². The van der Waals surface area contributed by atoms with Gasteiger partial charge in [-0.25, -0.2) is 0 Å². The number of likely N-dealkylation sites (tertiary alicyclic amines) is 1. The number of carbonyl (C=O) groups excluding carboxylic acids is 1. The Morgan fingerprint density at radius 3 is 2.83 bits per heavy atom. The standard InChI is InChI=1S/C25H35NO3/c1-3-16(2)10-19-13-25(29)23-11-18-6-7-20(27)12-21(18)24(25,14-22(19)28)8-9-26(23)15-17-4-5-17/h6-7,12,16-17,19,23,27,29H,3-5,8-11,13-15H2,1-2H3/t16?,19-,23+,24+,25+/m0/s1. The van der Waals surface area contributed by atoms with E-state index in [-0.39, 0.29) is 17.7 Å². The molecule has 1 aromatic carbocycles. The fourth-order valence-corrected chi connectivity index (χ4v) is 6.71. The predicted molar refractivity (Wildman–Crippen MR) is 113 cm³/mol. The molecular weight excluding hydrogens is 362 g/mol. The van der Waals surface area contributed by atoms with Gasteiger partial charge in [0.1, 0.15) is 11.5 Å². The molecule has 5 rings (SSSR count). The number of carbonyl (C=O) groups is 1. The molecule has 0 amide bonds. The Morgan fingerprint density at radius 1 is 1.31 bits per heavy atom. The number of rotatable bonds is 5. The van der Waals surface area contributed by atoms with Gasteiger partial charge in [-0.15, -0.1) is 0 Å². The van der Waals surface area contributed by atoms with Gasteiger partial charge in [-0.05, 0) is 80.2 Å². The highest BCUT2D eigenvalue weighted by atomic mass is 16.3. The SMILES string of the molecule is CCC(C)C[C@H]1C[C@@]2(O)[C@H]3Cc4ccc(O)cc4[C@@]2(CCN3CC2CC2)CC1=O. The summed E-state index contributed by atoms with van der Waals surface area (Å²) in [6.45, 7) is 6.43. The number of nitrogens with zero attached hydrogens (tertiary/aromatic N) is 1. The molecule has 5 atom stereocenters. The summed E-state index contributed by atoms with van der Waals surface area (Å²) in [6.07, 6.45) is 7.22. The number of Topliss-reactive ketones (excluding diaryl/α,β-unsaturated/α-hetero) is 1. The summed E-state index contributed by atoms with van der Waals surface area (Å²) in [5.74, 6) is 1.82. The van der Waals surface area contributed by atoms with Crippen molar-refractivity contribution in [3.05, 3.63) is 29.3 Å². The van der Waals surface area contributed by atoms with Crippen LogP contribution in [0.25, 0.3) is 0 Å². The molecule has 2 bridgehead atoms. The van der Waals surface area contributed by atoms with Crippen LogP contribution in [0.2, 0.25) is 0 Å². The van der Waals surface area contributed by atoms with Crippen molar-refractivity contribution in [3.63, 3.8) is 0 Å². The Bertz CT molecular complexity index is 818. The highest BCUT2D eigenvalue weighted by Gasteiger charge is 2.66. The minimum atomic E-state index is -0.882. The quantitative estimate of drug-likeness (QED) is 0.793. The van der Waals surface area contributed by atoms with E-state index in [1.54, 1.807) is 6.07 Å². The van der Waals surface area contributed by atoms with Gasteiger partial charge in [0, 0.05) is 30.3 Å². The normalized spacial score (nSPS) is 37.7. The highest BCUT2D eigenvalue weighted by molar-refractivity contribution is 5.85. The second-order valence-corrected chi connectivity index (χ2v) is 10.5. The molecule has 4 aliphatic rings. The number of aromatic hydroxyl groups is 1. The van der Waals surface area contributed by atoms with Gasteiger partial charge in [0.2, 0.25) is 0 Å². The fraction of sp³-hybridized carbons (Fsp3) is 0.720. The van der Waals surface area contributed by atoms with E-state index in [0.717, 1.165) is 50.3 Å². The molecule has 158 valence electrons. The second kappa shape index (κ2) is 6.81. The third kappa shape index (κ3) is 2.97. The van der Waals surface area contributed by atoms with Crippen molar-refractivity contribution in [1.29, 1.82) is 0 Å². The summed E-state index contributed by atoms with van der Waals surface area (Å²) in [5.41, 5.74) is 0.837. The molecule has 1 aromatic rings. The Hall–Kier alpha value is -1.39. The van der Waals surface area contributed by atoms with Crippen LogP contribution in [0.1, 0.15) is 69.9 Å². The number of phenols is 1. The summed E-state index contributed by atoms with van der Waals surface area (Å²) in [5, 5.41) is 22.6. The van der Waals surface area contributed by atoms with Gasteiger partial charge in [0.25, 0.3) is 0 Å². The fourth-order valence-electron chi connectivity index (χ4n) is 6.71. The molecule has 3 fully saturated rings. The smallest absolute Gasteiger partial charge is 0.137 e. The average Bonchev–Trinajstić information content (AvgIpc) is 3.50. The first kappa shape index (κ1) is 19.6. The number of aliphatic hydroxyl groups is 1. The Balaban J connectivity index is 1.58. The van der Waals surface area contributed by atoms with Crippen LogP contribution in [0, 0.1) is 17.8 Å². The van der Waals surface area contributed by atoms with Crippen LogP contribution in [0.15, 0.2) is 18.2 Å². The molecule has 4 heteroatoms. The molecule has 3 aliphatic carbocycles. The van der Waals surface area contributed by atoms with E-state index in [9.17, 15) is 15.0 Å². The Morgan fingerprint density at radius 2 is 2.10 bits per heavy atom. The number of benzene rings is 1. The van der Waals surface area contributed by atoms with E-state index in [2.05, 4.69) is 18.7 Å². The zero-order valence-corrected chi connectivity index (χ0v) is 17.9. The maximum Gasteiger partial charge on any atom is 0.137 e. The third-order valence-electron chi connectivity index (χ3n) is 8.73. The van der Waals surface area contributed by atoms with Crippen molar-refractivity contribution in [2.24, 2.45) is 17.8 Å². The molecule has 0 radical (unpaired) electrons. The monoisotopic (exact) mass is 397 g/mol. The van der Waals surface area contributed by atoms with Crippen LogP contribution in [0.4, 0.5) is 0 Å². The highest BCUT2D eigenvalue weighted by Crippen LogP contribution is 2.59. The lowest BCUT2D eigenvalue weighted by molar-refractivity contribution is -0.183. The summed E-state index contributed by atoms with van der Waals surface area (Å²) in [7, 11) is 0. The van der Waals surface area contributed by atoms with Crippen molar-refractivity contribution in [2.45, 2.75) is 82.3 Å². The van der Waals surface area contributed by atoms with Crippen molar-refractivity contribution in [3.8, 4) is 5.75 Å². The molecule has 1 heterocycles. The third-order valence-corrected chi connectivity index (χ3v) is 8.73. The van der Waals surface area contributed by atoms with Crippen LogP contribution in [-0.2, 0) is 16.6 Å². The molecule has 29 heavy (non-hydrogen) atoms. The summed E-state index contributed by atoms with van der Waals surface area (Å²) in [6, 6.07) is 5.71. The van der Waals surface area contributed by atoms with Gasteiger partial charge >= 0.3 is 0 Å². The van der Waals surface area contributed by atoms with Crippen LogP contribution < -0.4 is 0 Å². The molecule has 0 spiro atoms.